The standard InChI is InChI=1S/C14H22N2.C2H6.CH2O/c1-12-5-3-4-6-13(12)11-16(2)14-7-9-15-10-8-14;2*1-2/h3-6,14-15H,7-11H2,1-2H3;1-2H3;1H2. The van der Waals surface area contributed by atoms with Crippen molar-refractivity contribution >= 4 is 6.79 Å². The number of carbonyl (C=O) groups excluding carboxylic acids is 1. The number of rotatable bonds is 3. The van der Waals surface area contributed by atoms with Crippen molar-refractivity contribution in [1.29, 1.82) is 0 Å². The molecule has 0 aliphatic carbocycles. The van der Waals surface area contributed by atoms with Crippen LogP contribution in [0.1, 0.15) is 37.8 Å². The summed E-state index contributed by atoms with van der Waals surface area (Å²) in [7, 11) is 2.25. The number of benzene rings is 1. The van der Waals surface area contributed by atoms with Crippen molar-refractivity contribution in [3.8, 4) is 0 Å². The van der Waals surface area contributed by atoms with Crippen molar-refractivity contribution < 1.29 is 4.79 Å². The third-order valence-corrected chi connectivity index (χ3v) is 3.61. The van der Waals surface area contributed by atoms with E-state index in [9.17, 15) is 0 Å². The highest BCUT2D eigenvalue weighted by molar-refractivity contribution is 5.25. The second-order valence-electron chi connectivity index (χ2n) is 4.82. The van der Waals surface area contributed by atoms with Gasteiger partial charge in [-0.25, -0.2) is 0 Å². The molecule has 3 heteroatoms. The highest BCUT2D eigenvalue weighted by Crippen LogP contribution is 2.15. The van der Waals surface area contributed by atoms with Crippen LogP contribution in [-0.4, -0.2) is 37.9 Å². The fourth-order valence-electron chi connectivity index (χ4n) is 2.43. The first-order valence-corrected chi connectivity index (χ1v) is 7.51. The summed E-state index contributed by atoms with van der Waals surface area (Å²) < 4.78 is 0. The van der Waals surface area contributed by atoms with Crippen molar-refractivity contribution in [3.63, 3.8) is 0 Å². The van der Waals surface area contributed by atoms with Crippen molar-refractivity contribution in [2.45, 2.75) is 46.2 Å². The lowest BCUT2D eigenvalue weighted by atomic mass is 10.0. The molecule has 0 saturated carbocycles. The number of aryl methyl sites for hydroxylation is 1. The van der Waals surface area contributed by atoms with Crippen LogP contribution in [0.15, 0.2) is 24.3 Å². The van der Waals surface area contributed by atoms with E-state index < -0.39 is 0 Å². The van der Waals surface area contributed by atoms with E-state index in [4.69, 9.17) is 4.79 Å². The van der Waals surface area contributed by atoms with Gasteiger partial charge in [0.15, 0.2) is 0 Å². The van der Waals surface area contributed by atoms with E-state index >= 15 is 0 Å². The van der Waals surface area contributed by atoms with E-state index in [1.54, 1.807) is 0 Å². The maximum absolute atomic E-state index is 8.00. The average molecular weight is 278 g/mol. The van der Waals surface area contributed by atoms with Crippen molar-refractivity contribution in [3.05, 3.63) is 35.4 Å². The largest absolute Gasteiger partial charge is 0.317 e. The van der Waals surface area contributed by atoms with Crippen LogP contribution < -0.4 is 5.32 Å². The maximum Gasteiger partial charge on any atom is 0.106 e. The Bertz CT molecular complexity index is 349. The van der Waals surface area contributed by atoms with Gasteiger partial charge in [0.1, 0.15) is 6.79 Å². The van der Waals surface area contributed by atoms with Gasteiger partial charge in [-0.3, -0.25) is 4.90 Å². The van der Waals surface area contributed by atoms with Crippen LogP contribution in [0.5, 0.6) is 0 Å². The van der Waals surface area contributed by atoms with Gasteiger partial charge in [-0.2, -0.15) is 0 Å². The second-order valence-corrected chi connectivity index (χ2v) is 4.82. The summed E-state index contributed by atoms with van der Waals surface area (Å²) in [4.78, 5) is 10.5. The first-order chi connectivity index (χ1) is 9.77. The minimum atomic E-state index is 0.751. The van der Waals surface area contributed by atoms with Gasteiger partial charge in [-0.1, -0.05) is 38.1 Å². The van der Waals surface area contributed by atoms with Crippen LogP contribution >= 0.6 is 0 Å². The Morgan fingerprint density at radius 1 is 1.20 bits per heavy atom. The lowest BCUT2D eigenvalue weighted by molar-refractivity contribution is -0.0979. The maximum atomic E-state index is 8.00. The summed E-state index contributed by atoms with van der Waals surface area (Å²) in [6.07, 6.45) is 2.56. The number of nitrogens with zero attached hydrogens (tertiary/aromatic N) is 1. The highest BCUT2D eigenvalue weighted by atomic mass is 16.1. The molecule has 3 nitrogen and oxygen atoms in total. The predicted molar refractivity (Wildman–Crippen MR) is 87.0 cm³/mol. The van der Waals surface area contributed by atoms with E-state index in [0.717, 1.165) is 12.6 Å². The molecule has 1 saturated heterocycles. The molecule has 0 radical (unpaired) electrons. The summed E-state index contributed by atoms with van der Waals surface area (Å²) >= 11 is 0. The molecule has 0 atom stereocenters. The summed E-state index contributed by atoms with van der Waals surface area (Å²) in [6, 6.07) is 9.45. The van der Waals surface area contributed by atoms with Gasteiger partial charge in [0.2, 0.25) is 0 Å². The monoisotopic (exact) mass is 278 g/mol. The Balaban J connectivity index is 0.000000829. The molecule has 0 amide bonds. The van der Waals surface area contributed by atoms with E-state index in [1.165, 1.54) is 37.1 Å². The summed E-state index contributed by atoms with van der Waals surface area (Å²) in [5.41, 5.74) is 2.87. The molecule has 1 aliphatic heterocycles. The summed E-state index contributed by atoms with van der Waals surface area (Å²) in [5.74, 6) is 0. The molecule has 1 heterocycles. The van der Waals surface area contributed by atoms with Crippen LogP contribution in [0, 0.1) is 6.92 Å². The molecular weight excluding hydrogens is 248 g/mol. The van der Waals surface area contributed by atoms with Crippen LogP contribution in [0.25, 0.3) is 0 Å². The fraction of sp³-hybridized carbons (Fsp3) is 0.588. The van der Waals surface area contributed by atoms with Gasteiger partial charge in [-0.05, 0) is 51.0 Å². The molecule has 1 aliphatic rings. The molecule has 114 valence electrons. The Labute approximate surface area is 124 Å². The fourth-order valence-corrected chi connectivity index (χ4v) is 2.43. The zero-order valence-corrected chi connectivity index (χ0v) is 13.5. The van der Waals surface area contributed by atoms with Gasteiger partial charge in [0.25, 0.3) is 0 Å². The molecule has 20 heavy (non-hydrogen) atoms. The van der Waals surface area contributed by atoms with Crippen LogP contribution in [0.4, 0.5) is 0 Å². The van der Waals surface area contributed by atoms with E-state index in [-0.39, 0.29) is 0 Å². The number of nitrogens with one attached hydrogen (secondary N) is 1. The topological polar surface area (TPSA) is 32.3 Å². The predicted octanol–water partition coefficient (Wildman–Crippen LogP) is 3.02. The molecule has 2 rings (SSSR count). The zero-order chi connectivity index (χ0) is 15.4. The Kier molecular flexibility index (Phi) is 10.9. The quantitative estimate of drug-likeness (QED) is 0.922. The molecule has 0 bridgehead atoms. The lowest BCUT2D eigenvalue weighted by Gasteiger charge is -2.32. The highest BCUT2D eigenvalue weighted by Gasteiger charge is 2.17. The zero-order valence-electron chi connectivity index (χ0n) is 13.5. The third-order valence-electron chi connectivity index (χ3n) is 3.61. The van der Waals surface area contributed by atoms with Crippen molar-refractivity contribution in [2.24, 2.45) is 0 Å². The van der Waals surface area contributed by atoms with E-state index in [0.29, 0.717) is 0 Å². The molecule has 1 fully saturated rings. The minimum Gasteiger partial charge on any atom is -0.317 e. The summed E-state index contributed by atoms with van der Waals surface area (Å²) in [6.45, 7) is 11.6. The van der Waals surface area contributed by atoms with Crippen molar-refractivity contribution in [1.82, 2.24) is 10.2 Å². The Morgan fingerprint density at radius 3 is 2.30 bits per heavy atom. The number of hydrogen-bond donors (Lipinski definition) is 1. The van der Waals surface area contributed by atoms with Gasteiger partial charge in [0.05, 0.1) is 0 Å². The normalized spacial score (nSPS) is 14.8. The number of hydrogen-bond acceptors (Lipinski definition) is 3. The lowest BCUT2D eigenvalue weighted by Crippen LogP contribution is -2.40. The molecule has 0 unspecified atom stereocenters. The van der Waals surface area contributed by atoms with Gasteiger partial charge < -0.3 is 10.1 Å². The minimum absolute atomic E-state index is 0.751. The average Bonchev–Trinajstić information content (AvgIpc) is 2.54. The first-order valence-electron chi connectivity index (χ1n) is 7.51. The Hall–Kier alpha value is -1.19. The molecule has 0 spiro atoms. The van der Waals surface area contributed by atoms with E-state index in [2.05, 4.69) is 48.5 Å². The third kappa shape index (κ3) is 6.31. The molecule has 1 N–H and O–H groups in total. The number of carbonyl (C=O) groups is 1. The van der Waals surface area contributed by atoms with E-state index in [1.807, 2.05) is 20.6 Å². The van der Waals surface area contributed by atoms with Crippen LogP contribution in [-0.2, 0) is 11.3 Å². The second kappa shape index (κ2) is 11.6. The Morgan fingerprint density at radius 2 is 1.75 bits per heavy atom. The van der Waals surface area contributed by atoms with Gasteiger partial charge >= 0.3 is 0 Å². The smallest absolute Gasteiger partial charge is 0.106 e. The molecule has 0 aromatic heterocycles. The number of piperidine rings is 1. The molecule has 1 aromatic rings. The molecule has 1 aromatic carbocycles. The van der Waals surface area contributed by atoms with Gasteiger partial charge in [-0.15, -0.1) is 0 Å². The SMILES string of the molecule is C=O.CC.Cc1ccccc1CN(C)C1CCNCC1. The van der Waals surface area contributed by atoms with Crippen LogP contribution in [0.2, 0.25) is 0 Å². The van der Waals surface area contributed by atoms with Gasteiger partial charge in [0, 0.05) is 12.6 Å². The first kappa shape index (κ1) is 18.8. The van der Waals surface area contributed by atoms with Crippen LogP contribution in [0.3, 0.4) is 0 Å². The van der Waals surface area contributed by atoms with Crippen molar-refractivity contribution in [2.75, 3.05) is 20.1 Å². The summed E-state index contributed by atoms with van der Waals surface area (Å²) in [5, 5.41) is 3.42. The molecular formula is C17H30N2O.